The highest BCUT2D eigenvalue weighted by molar-refractivity contribution is 5.80. The van der Waals surface area contributed by atoms with Gasteiger partial charge >= 0.3 is 0 Å². The Morgan fingerprint density at radius 2 is 1.46 bits per heavy atom. The van der Waals surface area contributed by atoms with Crippen molar-refractivity contribution in [1.82, 2.24) is 9.80 Å². The van der Waals surface area contributed by atoms with Gasteiger partial charge in [0, 0.05) is 32.6 Å². The first-order valence-corrected chi connectivity index (χ1v) is 9.91. The van der Waals surface area contributed by atoms with Crippen LogP contribution in [0.2, 0.25) is 0 Å². The van der Waals surface area contributed by atoms with Crippen LogP contribution in [0.5, 0.6) is 5.75 Å². The van der Waals surface area contributed by atoms with E-state index in [1.54, 1.807) is 0 Å². The lowest BCUT2D eigenvalue weighted by Gasteiger charge is -2.35. The maximum absolute atomic E-state index is 12.5. The Morgan fingerprint density at radius 3 is 2.11 bits per heavy atom. The Kier molecular flexibility index (Phi) is 7.06. The average molecular weight is 380 g/mol. The van der Waals surface area contributed by atoms with Crippen molar-refractivity contribution in [2.24, 2.45) is 0 Å². The Labute approximate surface area is 166 Å². The standard InChI is InChI=1S/C23H28N2O3/c1-19-9-11-20(12-10-19)18-23(27)25-15-13-24(14-16-25)22(26)8-5-17-28-21-6-3-2-4-7-21/h2-4,6-7,9-12H,5,8,13-18H2,1H3. The number of rotatable bonds is 7. The third-order valence-corrected chi connectivity index (χ3v) is 5.01. The van der Waals surface area contributed by atoms with Crippen LogP contribution in [0.25, 0.3) is 0 Å². The molecule has 2 amide bonds. The second-order valence-corrected chi connectivity index (χ2v) is 7.19. The number of hydrogen-bond acceptors (Lipinski definition) is 3. The maximum atomic E-state index is 12.5. The molecule has 3 rings (SSSR count). The lowest BCUT2D eigenvalue weighted by molar-refractivity contribution is -0.139. The molecule has 0 aromatic heterocycles. The van der Waals surface area contributed by atoms with Crippen LogP contribution < -0.4 is 4.74 Å². The molecule has 28 heavy (non-hydrogen) atoms. The smallest absolute Gasteiger partial charge is 0.227 e. The number of carbonyl (C=O) groups is 2. The number of amides is 2. The SMILES string of the molecule is Cc1ccc(CC(=O)N2CCN(C(=O)CCCOc3ccccc3)CC2)cc1. The molecule has 1 aliphatic rings. The lowest BCUT2D eigenvalue weighted by Crippen LogP contribution is -2.51. The zero-order valence-electron chi connectivity index (χ0n) is 16.5. The van der Waals surface area contributed by atoms with E-state index in [0.29, 0.717) is 52.0 Å². The third-order valence-electron chi connectivity index (χ3n) is 5.01. The van der Waals surface area contributed by atoms with Gasteiger partial charge in [0.1, 0.15) is 5.75 Å². The lowest BCUT2D eigenvalue weighted by atomic mass is 10.1. The van der Waals surface area contributed by atoms with E-state index in [0.717, 1.165) is 11.3 Å². The van der Waals surface area contributed by atoms with Crippen LogP contribution in [-0.4, -0.2) is 54.4 Å². The molecule has 2 aromatic rings. The van der Waals surface area contributed by atoms with Gasteiger partial charge in [-0.1, -0.05) is 48.0 Å². The van der Waals surface area contributed by atoms with Crippen molar-refractivity contribution >= 4 is 11.8 Å². The largest absolute Gasteiger partial charge is 0.494 e. The summed E-state index contributed by atoms with van der Waals surface area (Å²) >= 11 is 0. The summed E-state index contributed by atoms with van der Waals surface area (Å²) in [6.07, 6.45) is 1.59. The molecular formula is C23H28N2O3. The van der Waals surface area contributed by atoms with E-state index >= 15 is 0 Å². The van der Waals surface area contributed by atoms with Gasteiger partial charge in [-0.3, -0.25) is 9.59 Å². The molecule has 0 N–H and O–H groups in total. The normalized spacial score (nSPS) is 14.0. The van der Waals surface area contributed by atoms with Crippen LogP contribution in [-0.2, 0) is 16.0 Å². The summed E-state index contributed by atoms with van der Waals surface area (Å²) in [5.74, 6) is 1.10. The summed E-state index contributed by atoms with van der Waals surface area (Å²) in [4.78, 5) is 28.6. The molecule has 2 aromatic carbocycles. The van der Waals surface area contributed by atoms with Crippen molar-refractivity contribution in [3.63, 3.8) is 0 Å². The highest BCUT2D eigenvalue weighted by atomic mass is 16.5. The zero-order chi connectivity index (χ0) is 19.8. The second-order valence-electron chi connectivity index (χ2n) is 7.19. The monoisotopic (exact) mass is 380 g/mol. The minimum atomic E-state index is 0.132. The predicted molar refractivity (Wildman–Crippen MR) is 109 cm³/mol. The first kappa shape index (κ1) is 19.9. The average Bonchev–Trinajstić information content (AvgIpc) is 2.73. The van der Waals surface area contributed by atoms with Crippen LogP contribution in [0.1, 0.15) is 24.0 Å². The summed E-state index contributed by atoms with van der Waals surface area (Å²) in [7, 11) is 0. The first-order valence-electron chi connectivity index (χ1n) is 9.91. The fourth-order valence-corrected chi connectivity index (χ4v) is 3.29. The van der Waals surface area contributed by atoms with Gasteiger partial charge in [0.05, 0.1) is 13.0 Å². The Bertz CT molecular complexity index is 766. The molecule has 1 heterocycles. The van der Waals surface area contributed by atoms with Crippen LogP contribution in [0, 0.1) is 6.92 Å². The van der Waals surface area contributed by atoms with Gasteiger partial charge in [-0.25, -0.2) is 0 Å². The van der Waals surface area contributed by atoms with Crippen molar-refractivity contribution in [2.45, 2.75) is 26.2 Å². The van der Waals surface area contributed by atoms with E-state index in [1.807, 2.05) is 71.3 Å². The van der Waals surface area contributed by atoms with E-state index in [9.17, 15) is 9.59 Å². The molecule has 0 radical (unpaired) electrons. The number of carbonyl (C=O) groups excluding carboxylic acids is 2. The molecule has 0 unspecified atom stereocenters. The van der Waals surface area contributed by atoms with Crippen molar-refractivity contribution in [2.75, 3.05) is 32.8 Å². The summed E-state index contributed by atoms with van der Waals surface area (Å²) in [6.45, 7) is 5.00. The molecule has 1 fully saturated rings. The summed E-state index contributed by atoms with van der Waals surface area (Å²) in [5, 5.41) is 0. The number of piperazine rings is 1. The van der Waals surface area contributed by atoms with E-state index in [1.165, 1.54) is 5.56 Å². The molecule has 148 valence electrons. The Morgan fingerprint density at radius 1 is 0.857 bits per heavy atom. The van der Waals surface area contributed by atoms with Gasteiger partial charge in [0.25, 0.3) is 0 Å². The summed E-state index contributed by atoms with van der Waals surface area (Å²) < 4.78 is 5.63. The van der Waals surface area contributed by atoms with Crippen LogP contribution >= 0.6 is 0 Å². The van der Waals surface area contributed by atoms with Gasteiger partial charge in [-0.15, -0.1) is 0 Å². The molecule has 1 aliphatic heterocycles. The van der Waals surface area contributed by atoms with Gasteiger partial charge < -0.3 is 14.5 Å². The molecule has 0 spiro atoms. The fourth-order valence-electron chi connectivity index (χ4n) is 3.29. The summed E-state index contributed by atoms with van der Waals surface area (Å²) in [6, 6.07) is 17.7. The molecule has 0 aliphatic carbocycles. The highest BCUT2D eigenvalue weighted by Gasteiger charge is 2.23. The fraction of sp³-hybridized carbons (Fsp3) is 0.391. The topological polar surface area (TPSA) is 49.9 Å². The van der Waals surface area contributed by atoms with Crippen molar-refractivity contribution < 1.29 is 14.3 Å². The molecule has 0 saturated carbocycles. The number of benzene rings is 2. The van der Waals surface area contributed by atoms with E-state index in [4.69, 9.17) is 4.74 Å². The number of nitrogens with zero attached hydrogens (tertiary/aromatic N) is 2. The molecule has 5 nitrogen and oxygen atoms in total. The molecule has 1 saturated heterocycles. The zero-order valence-corrected chi connectivity index (χ0v) is 16.5. The van der Waals surface area contributed by atoms with Crippen LogP contribution in [0.15, 0.2) is 54.6 Å². The van der Waals surface area contributed by atoms with Gasteiger partial charge in [0.15, 0.2) is 0 Å². The predicted octanol–water partition coefficient (Wildman–Crippen LogP) is 3.07. The minimum Gasteiger partial charge on any atom is -0.494 e. The van der Waals surface area contributed by atoms with E-state index < -0.39 is 0 Å². The maximum Gasteiger partial charge on any atom is 0.227 e. The number of ether oxygens (including phenoxy) is 1. The molecule has 0 atom stereocenters. The van der Waals surface area contributed by atoms with Crippen LogP contribution in [0.4, 0.5) is 0 Å². The minimum absolute atomic E-state index is 0.132. The molecule has 5 heteroatoms. The third kappa shape index (κ3) is 5.84. The quantitative estimate of drug-likeness (QED) is 0.694. The molecule has 0 bridgehead atoms. The second kappa shape index (κ2) is 9.93. The van der Waals surface area contributed by atoms with Crippen molar-refractivity contribution in [3.8, 4) is 5.75 Å². The highest BCUT2D eigenvalue weighted by Crippen LogP contribution is 2.11. The number of hydrogen-bond donors (Lipinski definition) is 0. The number of aryl methyl sites for hydroxylation is 1. The van der Waals surface area contributed by atoms with E-state index in [-0.39, 0.29) is 11.8 Å². The Balaban J connectivity index is 1.35. The number of para-hydroxylation sites is 1. The van der Waals surface area contributed by atoms with Gasteiger partial charge in [-0.2, -0.15) is 0 Å². The van der Waals surface area contributed by atoms with Crippen molar-refractivity contribution in [3.05, 3.63) is 65.7 Å². The van der Waals surface area contributed by atoms with E-state index in [2.05, 4.69) is 0 Å². The first-order chi connectivity index (χ1) is 13.6. The summed E-state index contributed by atoms with van der Waals surface area (Å²) in [5.41, 5.74) is 2.23. The molecular weight excluding hydrogens is 352 g/mol. The van der Waals surface area contributed by atoms with Crippen molar-refractivity contribution in [1.29, 1.82) is 0 Å². The van der Waals surface area contributed by atoms with Gasteiger partial charge in [0.2, 0.25) is 11.8 Å². The van der Waals surface area contributed by atoms with Gasteiger partial charge in [-0.05, 0) is 31.0 Å². The van der Waals surface area contributed by atoms with Crippen LogP contribution in [0.3, 0.4) is 0 Å². The Hall–Kier alpha value is -2.82.